The van der Waals surface area contributed by atoms with Crippen LogP contribution in [0.25, 0.3) is 0 Å². The maximum absolute atomic E-state index is 10.5. The highest BCUT2D eigenvalue weighted by atomic mass is 16.6. The Hall–Kier alpha value is -1.92. The Kier molecular flexibility index (Phi) is 3.41. The molecule has 0 aromatic heterocycles. The van der Waals surface area contributed by atoms with E-state index in [0.29, 0.717) is 6.08 Å². The molecule has 0 fully saturated rings. The van der Waals surface area contributed by atoms with Gasteiger partial charge in [0.05, 0.1) is 13.2 Å². The molecule has 0 spiro atoms. The molecular weight excluding hydrogens is 166 g/mol. The molecule has 0 aliphatic heterocycles. The van der Waals surface area contributed by atoms with Gasteiger partial charge in [0.15, 0.2) is 0 Å². The number of methoxy groups -OCH3 is 1. The smallest absolute Gasteiger partial charge is 0.356 e. The molecular formula is C5H7N3O4. The molecule has 12 heavy (non-hydrogen) atoms. The van der Waals surface area contributed by atoms with E-state index in [1.807, 2.05) is 0 Å². The summed E-state index contributed by atoms with van der Waals surface area (Å²) in [5.41, 5.74) is 4.16. The average Bonchev–Trinajstić information content (AvgIpc) is 2.02. The summed E-state index contributed by atoms with van der Waals surface area (Å²) in [6, 6.07) is 0. The van der Waals surface area contributed by atoms with Crippen LogP contribution in [0.1, 0.15) is 0 Å². The second-order valence-corrected chi connectivity index (χ2v) is 1.73. The fourth-order valence-corrected chi connectivity index (χ4v) is 0.369. The molecule has 3 N–H and O–H groups in total. The molecule has 0 heterocycles. The lowest BCUT2D eigenvalue weighted by Gasteiger charge is -1.95. The Morgan fingerprint density at radius 2 is 2.25 bits per heavy atom. The van der Waals surface area contributed by atoms with Gasteiger partial charge < -0.3 is 14.9 Å². The summed E-state index contributed by atoms with van der Waals surface area (Å²) in [4.78, 5) is 19.5. The number of carbonyl (C=O) groups excluding carboxylic acids is 1. The van der Waals surface area contributed by atoms with Gasteiger partial charge in [0.25, 0.3) is 0 Å². The summed E-state index contributed by atoms with van der Waals surface area (Å²) in [6.07, 6.45) is 0.617. The number of carbonyl (C=O) groups is 1. The highest BCUT2D eigenvalue weighted by Gasteiger charge is 2.10. The first kappa shape index (κ1) is 10.1. The van der Waals surface area contributed by atoms with E-state index in [1.165, 1.54) is 0 Å². The SMILES string of the molecule is COC(=O)C(=N)/C=C(\N)[N+](=O)[O-]. The maximum Gasteiger partial charge on any atom is 0.356 e. The van der Waals surface area contributed by atoms with Crippen LogP contribution in [0.2, 0.25) is 0 Å². The highest BCUT2D eigenvalue weighted by molar-refractivity contribution is 6.39. The van der Waals surface area contributed by atoms with Crippen molar-refractivity contribution in [1.82, 2.24) is 0 Å². The van der Waals surface area contributed by atoms with E-state index < -0.39 is 22.4 Å². The molecule has 0 aromatic carbocycles. The van der Waals surface area contributed by atoms with Gasteiger partial charge in [-0.15, -0.1) is 0 Å². The lowest BCUT2D eigenvalue weighted by atomic mass is 10.3. The topological polar surface area (TPSA) is 119 Å². The van der Waals surface area contributed by atoms with Crippen molar-refractivity contribution in [3.8, 4) is 0 Å². The van der Waals surface area contributed by atoms with E-state index >= 15 is 0 Å². The molecule has 0 unspecified atom stereocenters. The van der Waals surface area contributed by atoms with Gasteiger partial charge in [-0.05, 0) is 4.92 Å². The van der Waals surface area contributed by atoms with Crippen LogP contribution in [0.15, 0.2) is 11.9 Å². The molecule has 0 aliphatic carbocycles. The highest BCUT2D eigenvalue weighted by Crippen LogP contribution is 1.88. The molecule has 0 saturated heterocycles. The molecule has 0 amide bonds. The largest absolute Gasteiger partial charge is 0.464 e. The molecule has 0 radical (unpaired) electrons. The summed E-state index contributed by atoms with van der Waals surface area (Å²) < 4.78 is 4.11. The lowest BCUT2D eigenvalue weighted by Crippen LogP contribution is -2.17. The summed E-state index contributed by atoms with van der Waals surface area (Å²) in [7, 11) is 1.06. The number of nitrogens with one attached hydrogen (secondary N) is 1. The monoisotopic (exact) mass is 173 g/mol. The lowest BCUT2D eigenvalue weighted by molar-refractivity contribution is -0.426. The van der Waals surface area contributed by atoms with Crippen LogP contribution >= 0.6 is 0 Å². The van der Waals surface area contributed by atoms with E-state index in [4.69, 9.17) is 11.1 Å². The number of nitrogens with zero attached hydrogens (tertiary/aromatic N) is 1. The van der Waals surface area contributed by atoms with Crippen LogP contribution in [0, 0.1) is 15.5 Å². The molecule has 66 valence electrons. The summed E-state index contributed by atoms with van der Waals surface area (Å²) in [6.45, 7) is 0. The molecule has 0 atom stereocenters. The number of ether oxygens (including phenoxy) is 1. The second-order valence-electron chi connectivity index (χ2n) is 1.73. The quantitative estimate of drug-likeness (QED) is 0.252. The zero-order valence-electron chi connectivity index (χ0n) is 6.23. The molecule has 0 aliphatic rings. The van der Waals surface area contributed by atoms with Crippen LogP contribution in [0.4, 0.5) is 0 Å². The predicted molar refractivity (Wildman–Crippen MR) is 39.0 cm³/mol. The van der Waals surface area contributed by atoms with Crippen molar-refractivity contribution < 1.29 is 14.5 Å². The fraction of sp³-hybridized carbons (Fsp3) is 0.200. The van der Waals surface area contributed by atoms with Gasteiger partial charge in [0.2, 0.25) is 0 Å². The number of rotatable bonds is 3. The van der Waals surface area contributed by atoms with Gasteiger partial charge in [-0.25, -0.2) is 4.79 Å². The zero-order valence-corrected chi connectivity index (χ0v) is 6.23. The number of nitrogens with two attached hydrogens (primary N) is 1. The summed E-state index contributed by atoms with van der Waals surface area (Å²) >= 11 is 0. The third kappa shape index (κ3) is 2.78. The molecule has 0 aromatic rings. The number of hydrogen-bond acceptors (Lipinski definition) is 6. The number of esters is 1. The van der Waals surface area contributed by atoms with Gasteiger partial charge >= 0.3 is 11.8 Å². The van der Waals surface area contributed by atoms with Crippen molar-refractivity contribution in [2.75, 3.05) is 7.11 Å². The minimum absolute atomic E-state index is 0.617. The minimum atomic E-state index is -0.972. The second kappa shape index (κ2) is 4.06. The van der Waals surface area contributed by atoms with E-state index in [1.54, 1.807) is 0 Å². The predicted octanol–water partition coefficient (Wildman–Crippen LogP) is -0.744. The standard InChI is InChI=1S/C5H7N3O4/c1-12-5(9)3(6)2-4(7)8(10)11/h2,6H,7H2,1H3/b4-2+,6-3?. The third-order valence-corrected chi connectivity index (χ3v) is 0.908. The van der Waals surface area contributed by atoms with Crippen molar-refractivity contribution in [1.29, 1.82) is 5.41 Å². The first-order valence-electron chi connectivity index (χ1n) is 2.77. The zero-order chi connectivity index (χ0) is 9.72. The van der Waals surface area contributed by atoms with Crippen molar-refractivity contribution in [2.24, 2.45) is 5.73 Å². The molecule has 0 bridgehead atoms. The Labute approximate surface area is 67.5 Å². The summed E-state index contributed by atoms with van der Waals surface area (Å²) in [5.74, 6) is -1.75. The van der Waals surface area contributed by atoms with Crippen molar-refractivity contribution in [3.63, 3.8) is 0 Å². The van der Waals surface area contributed by atoms with Gasteiger partial charge in [-0.2, -0.15) is 0 Å². The Morgan fingerprint density at radius 3 is 2.58 bits per heavy atom. The Bertz CT molecular complexity index is 257. The van der Waals surface area contributed by atoms with Crippen molar-refractivity contribution in [2.45, 2.75) is 0 Å². The van der Waals surface area contributed by atoms with Gasteiger partial charge in [-0.3, -0.25) is 11.1 Å². The fourth-order valence-electron chi connectivity index (χ4n) is 0.369. The van der Waals surface area contributed by atoms with Gasteiger partial charge in [0, 0.05) is 0 Å². The number of nitro groups is 1. The number of hydrogen-bond donors (Lipinski definition) is 2. The van der Waals surface area contributed by atoms with E-state index in [-0.39, 0.29) is 0 Å². The average molecular weight is 173 g/mol. The summed E-state index contributed by atoms with van der Waals surface area (Å²) in [5, 5.41) is 16.8. The molecule has 7 heteroatoms. The minimum Gasteiger partial charge on any atom is -0.464 e. The van der Waals surface area contributed by atoms with Crippen LogP contribution in [-0.4, -0.2) is 23.7 Å². The first-order chi connectivity index (χ1) is 5.49. The van der Waals surface area contributed by atoms with Crippen LogP contribution < -0.4 is 5.73 Å². The van der Waals surface area contributed by atoms with Crippen LogP contribution in [0.5, 0.6) is 0 Å². The van der Waals surface area contributed by atoms with E-state index in [0.717, 1.165) is 7.11 Å². The molecule has 0 rings (SSSR count). The van der Waals surface area contributed by atoms with Gasteiger partial charge in [-0.1, -0.05) is 0 Å². The van der Waals surface area contributed by atoms with E-state index in [9.17, 15) is 14.9 Å². The van der Waals surface area contributed by atoms with Crippen molar-refractivity contribution in [3.05, 3.63) is 22.0 Å². The molecule has 0 saturated carbocycles. The Morgan fingerprint density at radius 1 is 1.75 bits per heavy atom. The van der Waals surface area contributed by atoms with Gasteiger partial charge in [0.1, 0.15) is 5.71 Å². The van der Waals surface area contributed by atoms with Crippen LogP contribution in [-0.2, 0) is 9.53 Å². The third-order valence-electron chi connectivity index (χ3n) is 0.908. The maximum atomic E-state index is 10.5. The Balaban J connectivity index is 4.44. The normalized spacial score (nSPS) is 10.6. The van der Waals surface area contributed by atoms with Crippen LogP contribution in [0.3, 0.4) is 0 Å². The van der Waals surface area contributed by atoms with E-state index in [2.05, 4.69) is 4.74 Å². The van der Waals surface area contributed by atoms with Crippen molar-refractivity contribution >= 4 is 11.7 Å². The first-order valence-corrected chi connectivity index (χ1v) is 2.77. The molecule has 7 nitrogen and oxygen atoms in total.